The summed E-state index contributed by atoms with van der Waals surface area (Å²) in [4.78, 5) is 28.6. The molecular formula is C35H35N3O5S2. The van der Waals surface area contributed by atoms with Gasteiger partial charge in [-0.2, -0.15) is 0 Å². The van der Waals surface area contributed by atoms with Gasteiger partial charge in [-0.1, -0.05) is 115 Å². The Morgan fingerprint density at radius 2 is 1.82 bits per heavy atom. The molecule has 0 spiro atoms. The number of carbonyl (C=O) groups is 2. The van der Waals surface area contributed by atoms with E-state index in [-0.39, 0.29) is 10.7 Å². The number of amides is 1. The summed E-state index contributed by atoms with van der Waals surface area (Å²) in [6.07, 6.45) is 6.07. The molecule has 1 amide bonds. The molecule has 45 heavy (non-hydrogen) atoms. The second-order valence-electron chi connectivity index (χ2n) is 10.5. The average molecular weight is 642 g/mol. The van der Waals surface area contributed by atoms with Gasteiger partial charge in [-0.05, 0) is 48.2 Å². The number of hydrogen-bond acceptors (Lipinski definition) is 9. The minimum absolute atomic E-state index is 0.0464. The van der Waals surface area contributed by atoms with E-state index in [9.17, 15) is 14.7 Å². The number of thioether (sulfide) groups is 1. The maximum atomic E-state index is 13.7. The molecule has 1 unspecified atom stereocenters. The number of anilines is 1. The number of methoxy groups -OCH3 is 1. The number of ketones is 1. The molecule has 1 N–H and O–H groups in total. The molecule has 0 fully saturated rings. The molecule has 1 aliphatic heterocycles. The minimum atomic E-state index is -0.962. The summed E-state index contributed by atoms with van der Waals surface area (Å²) in [6.45, 7) is 4.71. The van der Waals surface area contributed by atoms with E-state index in [0.29, 0.717) is 33.8 Å². The number of aliphatic hydroxyl groups excluding tert-OH is 1. The van der Waals surface area contributed by atoms with Gasteiger partial charge in [0.25, 0.3) is 5.91 Å². The number of rotatable bonds is 14. The van der Waals surface area contributed by atoms with Crippen molar-refractivity contribution in [2.75, 3.05) is 18.6 Å². The molecule has 0 saturated carbocycles. The highest BCUT2D eigenvalue weighted by atomic mass is 32.2. The molecule has 0 saturated heterocycles. The van der Waals surface area contributed by atoms with Crippen molar-refractivity contribution in [3.63, 3.8) is 0 Å². The molecule has 0 aliphatic carbocycles. The van der Waals surface area contributed by atoms with Gasteiger partial charge >= 0.3 is 0 Å². The molecule has 3 aromatic carbocycles. The molecule has 1 atom stereocenters. The Morgan fingerprint density at radius 3 is 2.56 bits per heavy atom. The summed E-state index contributed by atoms with van der Waals surface area (Å²) in [7, 11) is 1.54. The lowest BCUT2D eigenvalue weighted by Gasteiger charge is -2.24. The van der Waals surface area contributed by atoms with Crippen molar-refractivity contribution in [3.05, 3.63) is 112 Å². The van der Waals surface area contributed by atoms with Crippen LogP contribution in [0.4, 0.5) is 5.13 Å². The zero-order valence-corrected chi connectivity index (χ0v) is 27.1. The molecular weight excluding hydrogens is 607 g/mol. The maximum absolute atomic E-state index is 13.7. The number of ether oxygens (including phenoxy) is 2. The third kappa shape index (κ3) is 7.64. The van der Waals surface area contributed by atoms with Crippen LogP contribution in [0, 0.1) is 6.92 Å². The Bertz CT molecular complexity index is 1700. The van der Waals surface area contributed by atoms with Crippen molar-refractivity contribution in [2.45, 2.75) is 49.2 Å². The zero-order valence-electron chi connectivity index (χ0n) is 25.4. The van der Waals surface area contributed by atoms with Crippen molar-refractivity contribution >= 4 is 46.0 Å². The molecule has 0 radical (unpaired) electrons. The largest absolute Gasteiger partial charge is 0.503 e. The summed E-state index contributed by atoms with van der Waals surface area (Å²) >= 11 is 2.74. The van der Waals surface area contributed by atoms with Crippen molar-refractivity contribution in [1.29, 1.82) is 0 Å². The van der Waals surface area contributed by atoms with E-state index >= 15 is 0 Å². The van der Waals surface area contributed by atoms with Gasteiger partial charge in [0.15, 0.2) is 27.4 Å². The Kier molecular flexibility index (Phi) is 10.7. The summed E-state index contributed by atoms with van der Waals surface area (Å²) < 4.78 is 12.3. The van der Waals surface area contributed by atoms with E-state index in [4.69, 9.17) is 9.47 Å². The van der Waals surface area contributed by atoms with Gasteiger partial charge in [0.1, 0.15) is 0 Å². The first-order valence-corrected chi connectivity index (χ1v) is 16.6. The number of aliphatic hydroxyl groups is 1. The van der Waals surface area contributed by atoms with Crippen LogP contribution in [0.25, 0.3) is 6.08 Å². The van der Waals surface area contributed by atoms with Gasteiger partial charge in [0.05, 0.1) is 25.3 Å². The number of hydrogen-bond donors (Lipinski definition) is 1. The summed E-state index contributed by atoms with van der Waals surface area (Å²) in [5, 5.41) is 20.1. The summed E-state index contributed by atoms with van der Waals surface area (Å²) in [5.41, 5.74) is 3.65. The van der Waals surface area contributed by atoms with Crippen molar-refractivity contribution in [1.82, 2.24) is 10.2 Å². The summed E-state index contributed by atoms with van der Waals surface area (Å²) in [6, 6.07) is 21.9. The van der Waals surface area contributed by atoms with Crippen molar-refractivity contribution in [2.24, 2.45) is 0 Å². The normalized spacial score (nSPS) is 14.9. The number of carbonyl (C=O) groups excluding carboxylic acids is 2. The highest BCUT2D eigenvalue weighted by Gasteiger charge is 2.45. The number of aromatic nitrogens is 2. The van der Waals surface area contributed by atoms with E-state index in [1.807, 2.05) is 37.3 Å². The Morgan fingerprint density at radius 1 is 1.04 bits per heavy atom. The first-order chi connectivity index (χ1) is 21.9. The van der Waals surface area contributed by atoms with Crippen LogP contribution in [0.3, 0.4) is 0 Å². The van der Waals surface area contributed by atoms with E-state index < -0.39 is 23.5 Å². The lowest BCUT2D eigenvalue weighted by atomic mass is 9.95. The maximum Gasteiger partial charge on any atom is 0.296 e. The average Bonchev–Trinajstić information content (AvgIpc) is 3.63. The van der Waals surface area contributed by atoms with E-state index in [0.717, 1.165) is 30.4 Å². The van der Waals surface area contributed by atoms with Crippen LogP contribution in [0.2, 0.25) is 0 Å². The predicted molar refractivity (Wildman–Crippen MR) is 179 cm³/mol. The molecule has 10 heteroatoms. The van der Waals surface area contributed by atoms with Gasteiger partial charge in [0.2, 0.25) is 5.13 Å². The fraction of sp³-hybridized carbons (Fsp3) is 0.257. The van der Waals surface area contributed by atoms with E-state index in [2.05, 4.69) is 41.4 Å². The highest BCUT2D eigenvalue weighted by Crippen LogP contribution is 2.45. The van der Waals surface area contributed by atoms with Crippen LogP contribution in [0.1, 0.15) is 54.5 Å². The van der Waals surface area contributed by atoms with Gasteiger partial charge in [-0.25, -0.2) is 0 Å². The number of benzene rings is 3. The minimum Gasteiger partial charge on any atom is -0.503 e. The van der Waals surface area contributed by atoms with Crippen LogP contribution in [-0.4, -0.2) is 40.7 Å². The monoisotopic (exact) mass is 641 g/mol. The topological polar surface area (TPSA) is 102 Å². The van der Waals surface area contributed by atoms with Crippen molar-refractivity contribution < 1.29 is 24.2 Å². The SMILES string of the molecule is CCCCCOc1ccc(C2C(C(=O)C=Cc3ccccc3)=C(O)C(=O)N2c2nnc(SCc3ccc(C)cc3)s2)cc1OC. The highest BCUT2D eigenvalue weighted by molar-refractivity contribution is 8.00. The molecule has 5 rings (SSSR count). The molecule has 0 bridgehead atoms. The van der Waals surface area contributed by atoms with Crippen molar-refractivity contribution in [3.8, 4) is 11.5 Å². The number of nitrogens with zero attached hydrogens (tertiary/aromatic N) is 3. The van der Waals surface area contributed by atoms with Gasteiger partial charge < -0.3 is 14.6 Å². The number of allylic oxidation sites excluding steroid dienone is 1. The molecule has 4 aromatic rings. The molecule has 232 valence electrons. The van der Waals surface area contributed by atoms with Gasteiger partial charge in [0, 0.05) is 5.75 Å². The molecule has 2 heterocycles. The lowest BCUT2D eigenvalue weighted by molar-refractivity contribution is -0.117. The third-order valence-corrected chi connectivity index (χ3v) is 9.42. The first-order valence-electron chi connectivity index (χ1n) is 14.8. The Balaban J connectivity index is 1.47. The number of unbranched alkanes of at least 4 members (excludes halogenated alkanes) is 2. The second-order valence-corrected chi connectivity index (χ2v) is 12.7. The second kappa shape index (κ2) is 15.0. The van der Waals surface area contributed by atoms with Crippen LogP contribution >= 0.6 is 23.1 Å². The number of aryl methyl sites for hydroxylation is 1. The fourth-order valence-electron chi connectivity index (χ4n) is 4.89. The summed E-state index contributed by atoms with van der Waals surface area (Å²) in [5.74, 6) is -0.132. The van der Waals surface area contributed by atoms with E-state index in [1.165, 1.54) is 39.6 Å². The quantitative estimate of drug-likeness (QED) is 0.0642. The van der Waals surface area contributed by atoms with Crippen LogP contribution in [-0.2, 0) is 15.3 Å². The standard InChI is InChI=1S/C35H35N3O5S2/c1-4-5-9-20-43-28-19-17-26(21-29(28)42-3)31-30(27(39)18-16-24-10-7-6-8-11-24)32(40)33(41)38(31)34-36-37-35(45-34)44-22-25-14-12-23(2)13-15-25/h6-8,10-19,21,31,40H,4-5,9,20,22H2,1-3H3. The molecule has 1 aromatic heterocycles. The zero-order chi connectivity index (χ0) is 31.8. The molecule has 1 aliphatic rings. The first kappa shape index (κ1) is 32.0. The third-order valence-electron chi connectivity index (χ3n) is 7.29. The van der Waals surface area contributed by atoms with Crippen LogP contribution in [0.15, 0.2) is 94.5 Å². The van der Waals surface area contributed by atoms with Crippen LogP contribution < -0.4 is 14.4 Å². The van der Waals surface area contributed by atoms with Gasteiger partial charge in [-0.3, -0.25) is 14.5 Å². The van der Waals surface area contributed by atoms with E-state index in [1.54, 1.807) is 31.4 Å². The Hall–Kier alpha value is -4.41. The van der Waals surface area contributed by atoms with Gasteiger partial charge in [-0.15, -0.1) is 10.2 Å². The lowest BCUT2D eigenvalue weighted by Crippen LogP contribution is -2.30. The predicted octanol–water partition coefficient (Wildman–Crippen LogP) is 7.90. The van der Waals surface area contributed by atoms with Crippen LogP contribution in [0.5, 0.6) is 11.5 Å². The molecule has 8 nitrogen and oxygen atoms in total. The Labute approximate surface area is 271 Å². The fourth-order valence-corrected chi connectivity index (χ4v) is 6.71. The smallest absolute Gasteiger partial charge is 0.296 e.